The Bertz CT molecular complexity index is 876. The van der Waals surface area contributed by atoms with Crippen LogP contribution in [-0.2, 0) is 0 Å². The van der Waals surface area contributed by atoms with Crippen molar-refractivity contribution in [3.63, 3.8) is 0 Å². The third-order valence-electron chi connectivity index (χ3n) is 3.41. The second-order valence-electron chi connectivity index (χ2n) is 4.84. The molecule has 4 nitrogen and oxygen atoms in total. The van der Waals surface area contributed by atoms with Crippen molar-refractivity contribution < 1.29 is 14.9 Å². The zero-order valence-electron chi connectivity index (χ0n) is 11.2. The molecule has 4 rings (SSSR count). The minimum atomic E-state index is -1.60. The van der Waals surface area contributed by atoms with Gasteiger partial charge in [0.1, 0.15) is 16.5 Å². The van der Waals surface area contributed by atoms with Crippen LogP contribution >= 0.6 is 22.9 Å². The molecule has 1 aromatic heterocycles. The lowest BCUT2D eigenvalue weighted by Crippen LogP contribution is -1.93. The van der Waals surface area contributed by atoms with Crippen LogP contribution in [0, 0.1) is 0 Å². The van der Waals surface area contributed by atoms with E-state index in [1.807, 2.05) is 24.3 Å². The average Bonchev–Trinajstić information content (AvgIpc) is 2.90. The Morgan fingerprint density at radius 1 is 1.05 bits per heavy atom. The number of hydrogen-bond donors (Lipinski definition) is 2. The third-order valence-corrected chi connectivity index (χ3v) is 4.78. The van der Waals surface area contributed by atoms with E-state index in [2.05, 4.69) is 4.98 Å². The number of nitrogens with zero attached hydrogens (tertiary/aromatic N) is 1. The van der Waals surface area contributed by atoms with Gasteiger partial charge in [0.15, 0.2) is 0 Å². The van der Waals surface area contributed by atoms with Crippen molar-refractivity contribution in [3.8, 4) is 33.2 Å². The maximum absolute atomic E-state index is 9.44. The molecule has 1 aliphatic rings. The van der Waals surface area contributed by atoms with Gasteiger partial charge in [-0.15, -0.1) is 11.3 Å². The topological polar surface area (TPSA) is 62.6 Å². The van der Waals surface area contributed by atoms with Gasteiger partial charge in [0, 0.05) is 16.1 Å². The number of halogens is 1. The van der Waals surface area contributed by atoms with Gasteiger partial charge in [0.05, 0.1) is 10.6 Å². The van der Waals surface area contributed by atoms with E-state index in [0.29, 0.717) is 22.2 Å². The molecule has 0 bridgehead atoms. The predicted octanol–water partition coefficient (Wildman–Crippen LogP) is 4.22. The molecule has 3 aromatic rings. The molecule has 2 heterocycles. The van der Waals surface area contributed by atoms with Gasteiger partial charge in [0.25, 0.3) is 0 Å². The Labute approximate surface area is 135 Å². The average molecular weight is 332 g/mol. The van der Waals surface area contributed by atoms with Crippen LogP contribution in [-0.4, -0.2) is 15.2 Å². The predicted molar refractivity (Wildman–Crippen MR) is 85.2 cm³/mol. The highest BCUT2D eigenvalue weighted by Crippen LogP contribution is 2.49. The maximum Gasteiger partial charge on any atom is 0.205 e. The summed E-state index contributed by atoms with van der Waals surface area (Å²) in [6.07, 6.45) is -1.60. The number of benzene rings is 2. The SMILES string of the molecule is OC(O)c1nc2c(s1)-c1ccccc1Oc1ccc(Cl)cc1-2. The van der Waals surface area contributed by atoms with E-state index in [0.717, 1.165) is 16.0 Å². The number of aliphatic hydroxyl groups is 2. The summed E-state index contributed by atoms with van der Waals surface area (Å²) in [7, 11) is 0. The van der Waals surface area contributed by atoms with Gasteiger partial charge in [-0.3, -0.25) is 0 Å². The Morgan fingerprint density at radius 2 is 1.82 bits per heavy atom. The van der Waals surface area contributed by atoms with Crippen molar-refractivity contribution >= 4 is 22.9 Å². The van der Waals surface area contributed by atoms with Gasteiger partial charge in [-0.05, 0) is 30.3 Å². The second-order valence-corrected chi connectivity index (χ2v) is 6.31. The number of thiazole rings is 1. The first kappa shape index (κ1) is 13.7. The molecule has 2 aromatic carbocycles. The first-order chi connectivity index (χ1) is 10.6. The highest BCUT2D eigenvalue weighted by atomic mass is 35.5. The van der Waals surface area contributed by atoms with Gasteiger partial charge in [-0.25, -0.2) is 4.98 Å². The summed E-state index contributed by atoms with van der Waals surface area (Å²) >= 11 is 7.33. The van der Waals surface area contributed by atoms with Crippen molar-refractivity contribution in [3.05, 3.63) is 52.5 Å². The van der Waals surface area contributed by atoms with Crippen LogP contribution in [0.3, 0.4) is 0 Å². The molecule has 1 aliphatic heterocycles. The van der Waals surface area contributed by atoms with Gasteiger partial charge in [-0.1, -0.05) is 23.7 Å². The molecule has 110 valence electrons. The third kappa shape index (κ3) is 2.10. The Hall–Kier alpha value is -1.92. The summed E-state index contributed by atoms with van der Waals surface area (Å²) < 4.78 is 5.98. The van der Waals surface area contributed by atoms with Gasteiger partial charge in [0.2, 0.25) is 6.29 Å². The molecule has 0 saturated carbocycles. The van der Waals surface area contributed by atoms with E-state index >= 15 is 0 Å². The van der Waals surface area contributed by atoms with Crippen LogP contribution in [0.2, 0.25) is 5.02 Å². The summed E-state index contributed by atoms with van der Waals surface area (Å²) in [5.41, 5.74) is 2.26. The molecule has 0 unspecified atom stereocenters. The van der Waals surface area contributed by atoms with Gasteiger partial charge >= 0.3 is 0 Å². The summed E-state index contributed by atoms with van der Waals surface area (Å²) in [5, 5.41) is 19.7. The van der Waals surface area contributed by atoms with E-state index in [4.69, 9.17) is 16.3 Å². The minimum Gasteiger partial charge on any atom is -0.456 e. The summed E-state index contributed by atoms with van der Waals surface area (Å²) in [6, 6.07) is 12.9. The van der Waals surface area contributed by atoms with Crippen LogP contribution in [0.15, 0.2) is 42.5 Å². The fraction of sp³-hybridized carbons (Fsp3) is 0.0625. The van der Waals surface area contributed by atoms with Crippen molar-refractivity contribution in [2.75, 3.05) is 0 Å². The highest BCUT2D eigenvalue weighted by Gasteiger charge is 2.26. The van der Waals surface area contributed by atoms with E-state index < -0.39 is 6.29 Å². The molecule has 0 saturated heterocycles. The van der Waals surface area contributed by atoms with Crippen LogP contribution in [0.25, 0.3) is 21.7 Å². The van der Waals surface area contributed by atoms with Crippen LogP contribution in [0.4, 0.5) is 0 Å². The number of ether oxygens (including phenoxy) is 1. The normalized spacial score (nSPS) is 12.2. The molecule has 0 radical (unpaired) electrons. The first-order valence-electron chi connectivity index (χ1n) is 6.57. The van der Waals surface area contributed by atoms with Crippen LogP contribution < -0.4 is 4.74 Å². The Kier molecular flexibility index (Phi) is 3.16. The Balaban J connectivity index is 2.07. The molecule has 0 spiro atoms. The number of rotatable bonds is 1. The molecule has 0 aliphatic carbocycles. The van der Waals surface area contributed by atoms with Crippen molar-refractivity contribution in [2.45, 2.75) is 6.29 Å². The molecular formula is C16H10ClNO3S. The fourth-order valence-corrected chi connectivity index (χ4v) is 3.60. The smallest absolute Gasteiger partial charge is 0.205 e. The lowest BCUT2D eigenvalue weighted by Gasteiger charge is -2.09. The number of fused-ring (bicyclic) bond motifs is 5. The molecule has 6 heteroatoms. The number of hydrogen-bond acceptors (Lipinski definition) is 5. The molecular weight excluding hydrogens is 322 g/mol. The number of aliphatic hydroxyl groups excluding tert-OH is 1. The monoisotopic (exact) mass is 331 g/mol. The molecule has 0 fully saturated rings. The van der Waals surface area contributed by atoms with Crippen molar-refractivity contribution in [1.29, 1.82) is 0 Å². The largest absolute Gasteiger partial charge is 0.456 e. The lowest BCUT2D eigenvalue weighted by atomic mass is 10.1. The van der Waals surface area contributed by atoms with E-state index in [9.17, 15) is 10.2 Å². The molecule has 0 amide bonds. The summed E-state index contributed by atoms with van der Waals surface area (Å²) in [5.74, 6) is 1.34. The quantitative estimate of drug-likeness (QED) is 0.513. The zero-order valence-corrected chi connectivity index (χ0v) is 12.7. The maximum atomic E-state index is 9.44. The van der Waals surface area contributed by atoms with Crippen LogP contribution in [0.1, 0.15) is 11.3 Å². The van der Waals surface area contributed by atoms with Crippen molar-refractivity contribution in [1.82, 2.24) is 4.98 Å². The summed E-state index contributed by atoms with van der Waals surface area (Å²) in [4.78, 5) is 5.20. The van der Waals surface area contributed by atoms with Gasteiger partial charge < -0.3 is 14.9 Å². The molecule has 2 N–H and O–H groups in total. The lowest BCUT2D eigenvalue weighted by molar-refractivity contribution is -0.0425. The van der Waals surface area contributed by atoms with Crippen molar-refractivity contribution in [2.24, 2.45) is 0 Å². The van der Waals surface area contributed by atoms with Crippen LogP contribution in [0.5, 0.6) is 11.5 Å². The minimum absolute atomic E-state index is 0.243. The van der Waals surface area contributed by atoms with E-state index in [1.54, 1.807) is 18.2 Å². The number of aromatic nitrogens is 1. The molecule has 0 atom stereocenters. The van der Waals surface area contributed by atoms with Gasteiger partial charge in [-0.2, -0.15) is 0 Å². The summed E-state index contributed by atoms with van der Waals surface area (Å²) in [6.45, 7) is 0. The second kappa shape index (κ2) is 5.07. The number of para-hydroxylation sites is 1. The zero-order chi connectivity index (χ0) is 15.3. The fourth-order valence-electron chi connectivity index (χ4n) is 2.45. The standard InChI is InChI=1S/C16H10ClNO3S/c17-8-5-6-12-10(7-8)13-14(22-15(18-13)16(19)20)9-3-1-2-4-11(9)21-12/h1-7,16,19-20H. The highest BCUT2D eigenvalue weighted by molar-refractivity contribution is 7.15. The van der Waals surface area contributed by atoms with E-state index in [1.165, 1.54) is 11.3 Å². The first-order valence-corrected chi connectivity index (χ1v) is 7.77. The Morgan fingerprint density at radius 3 is 2.64 bits per heavy atom. The molecule has 22 heavy (non-hydrogen) atoms. The van der Waals surface area contributed by atoms with E-state index in [-0.39, 0.29) is 5.01 Å².